The molecule has 0 radical (unpaired) electrons. The Morgan fingerprint density at radius 1 is 0.532 bits per heavy atom. The highest BCUT2D eigenvalue weighted by Crippen LogP contribution is 2.38. The van der Waals surface area contributed by atoms with Crippen LogP contribution < -0.4 is 0 Å². The number of benzene rings is 6. The Labute approximate surface area is 273 Å². The summed E-state index contributed by atoms with van der Waals surface area (Å²) in [5.74, 6) is 0. The van der Waals surface area contributed by atoms with Crippen LogP contribution in [0.1, 0.15) is 16.8 Å². The smallest absolute Gasteiger partial charge is 0.0991 e. The maximum atomic E-state index is 9.86. The second-order valence-electron chi connectivity index (χ2n) is 12.0. The van der Waals surface area contributed by atoms with Gasteiger partial charge in [0.15, 0.2) is 0 Å². The highest BCUT2D eigenvalue weighted by Gasteiger charge is 2.20. The van der Waals surface area contributed by atoms with E-state index in [2.05, 4.69) is 167 Å². The summed E-state index contributed by atoms with van der Waals surface area (Å²) >= 11 is 0. The largest absolute Gasteiger partial charge is 0.312 e. The van der Waals surface area contributed by atoms with Gasteiger partial charge in [-0.25, -0.2) is 0 Å². The molecule has 0 unspecified atom stereocenters. The Morgan fingerprint density at radius 2 is 1.11 bits per heavy atom. The van der Waals surface area contributed by atoms with Crippen molar-refractivity contribution >= 4 is 38.8 Å². The molecule has 0 spiro atoms. The molecule has 0 saturated carbocycles. The van der Waals surface area contributed by atoms with Gasteiger partial charge in [-0.15, -0.1) is 0 Å². The standard InChI is InChI=1S/C44H29N3/c45-29-30-18-27-44(47-42-14-3-1-2-10-37(42)38-13-6-9-17-43(38)47)39(28-30)33-21-19-31(20-22-33)32-23-25-34(26-24-32)46-40-15-7-4-11-35(40)36-12-5-8-16-41(36)46/h1-13,15-28H,14H2. The van der Waals surface area contributed by atoms with E-state index >= 15 is 0 Å². The maximum Gasteiger partial charge on any atom is 0.0991 e. The van der Waals surface area contributed by atoms with E-state index in [1.165, 1.54) is 44.0 Å². The third-order valence-corrected chi connectivity index (χ3v) is 9.44. The van der Waals surface area contributed by atoms with Gasteiger partial charge in [-0.05, 0) is 65.2 Å². The quantitative estimate of drug-likeness (QED) is 0.198. The van der Waals surface area contributed by atoms with Crippen LogP contribution in [0.15, 0.2) is 158 Å². The fourth-order valence-electron chi connectivity index (χ4n) is 7.27. The number of aromatic nitrogens is 2. The molecule has 0 atom stereocenters. The second kappa shape index (κ2) is 10.9. The number of nitrogens with zero attached hydrogens (tertiary/aromatic N) is 3. The van der Waals surface area contributed by atoms with Gasteiger partial charge in [-0.2, -0.15) is 5.26 Å². The zero-order chi connectivity index (χ0) is 31.3. The lowest BCUT2D eigenvalue weighted by Crippen LogP contribution is -2.03. The Balaban J connectivity index is 1.12. The molecule has 8 aromatic rings. The number of fused-ring (bicyclic) bond motifs is 6. The normalized spacial score (nSPS) is 12.4. The van der Waals surface area contributed by atoms with Crippen molar-refractivity contribution in [3.63, 3.8) is 0 Å². The third-order valence-electron chi connectivity index (χ3n) is 9.44. The first-order valence-electron chi connectivity index (χ1n) is 16.0. The van der Waals surface area contributed by atoms with Gasteiger partial charge >= 0.3 is 0 Å². The number of hydrogen-bond acceptors (Lipinski definition) is 1. The van der Waals surface area contributed by atoms with Crippen LogP contribution >= 0.6 is 0 Å². The highest BCUT2D eigenvalue weighted by molar-refractivity contribution is 6.09. The lowest BCUT2D eigenvalue weighted by Gasteiger charge is -2.17. The lowest BCUT2D eigenvalue weighted by atomic mass is 9.97. The van der Waals surface area contributed by atoms with Gasteiger partial charge in [0.2, 0.25) is 0 Å². The van der Waals surface area contributed by atoms with Crippen molar-refractivity contribution in [2.24, 2.45) is 0 Å². The highest BCUT2D eigenvalue weighted by atomic mass is 15.0. The van der Waals surface area contributed by atoms with Crippen molar-refractivity contribution in [3.05, 3.63) is 175 Å². The van der Waals surface area contributed by atoms with E-state index in [1.54, 1.807) is 0 Å². The van der Waals surface area contributed by atoms with Crippen molar-refractivity contribution in [3.8, 4) is 39.7 Å². The zero-order valence-electron chi connectivity index (χ0n) is 25.6. The zero-order valence-corrected chi connectivity index (χ0v) is 25.6. The van der Waals surface area contributed by atoms with Gasteiger partial charge in [0.25, 0.3) is 0 Å². The molecule has 47 heavy (non-hydrogen) atoms. The minimum absolute atomic E-state index is 0.649. The molecular formula is C44H29N3. The van der Waals surface area contributed by atoms with Crippen LogP contribution in [0.25, 0.3) is 72.4 Å². The number of para-hydroxylation sites is 3. The summed E-state index contributed by atoms with van der Waals surface area (Å²) in [6.07, 6.45) is 9.49. The first-order chi connectivity index (χ1) is 23.3. The number of nitriles is 1. The van der Waals surface area contributed by atoms with Crippen LogP contribution in [0.4, 0.5) is 0 Å². The van der Waals surface area contributed by atoms with Gasteiger partial charge in [-0.1, -0.05) is 115 Å². The summed E-state index contributed by atoms with van der Waals surface area (Å²) in [5, 5.41) is 13.6. The van der Waals surface area contributed by atoms with Crippen molar-refractivity contribution in [2.75, 3.05) is 0 Å². The molecule has 0 aliphatic heterocycles. The number of hydrogen-bond donors (Lipinski definition) is 0. The SMILES string of the molecule is N#Cc1ccc(-n2c3c(c4ccccc42)C=CC=CC3)c(-c2ccc(-c3ccc(-n4c5ccccc5c5ccccc54)cc3)cc2)c1. The fraction of sp³-hybridized carbons (Fsp3) is 0.0227. The van der Waals surface area contributed by atoms with Gasteiger partial charge in [-0.3, -0.25) is 0 Å². The minimum Gasteiger partial charge on any atom is -0.312 e. The average molecular weight is 600 g/mol. The van der Waals surface area contributed by atoms with E-state index in [9.17, 15) is 5.26 Å². The Morgan fingerprint density at radius 3 is 1.77 bits per heavy atom. The molecule has 0 N–H and O–H groups in total. The van der Waals surface area contributed by atoms with E-state index in [1.807, 2.05) is 12.1 Å². The van der Waals surface area contributed by atoms with Crippen LogP contribution in [0.2, 0.25) is 0 Å². The Bertz CT molecular complexity index is 2530. The molecule has 6 aromatic carbocycles. The van der Waals surface area contributed by atoms with Crippen LogP contribution in [-0.2, 0) is 6.42 Å². The van der Waals surface area contributed by atoms with Crippen LogP contribution in [0.5, 0.6) is 0 Å². The van der Waals surface area contributed by atoms with Crippen LogP contribution in [-0.4, -0.2) is 9.13 Å². The van der Waals surface area contributed by atoms with Gasteiger partial charge in [0.05, 0.1) is 33.9 Å². The monoisotopic (exact) mass is 599 g/mol. The van der Waals surface area contributed by atoms with Crippen molar-refractivity contribution in [1.29, 1.82) is 5.26 Å². The van der Waals surface area contributed by atoms with E-state index < -0.39 is 0 Å². The number of allylic oxidation sites excluding steroid dienone is 3. The predicted octanol–water partition coefficient (Wildman–Crippen LogP) is 11.1. The summed E-state index contributed by atoms with van der Waals surface area (Å²) in [6.45, 7) is 0. The molecule has 0 bridgehead atoms. The Kier molecular flexibility index (Phi) is 6.26. The minimum atomic E-state index is 0.649. The molecular weight excluding hydrogens is 571 g/mol. The van der Waals surface area contributed by atoms with Gasteiger partial charge in [0, 0.05) is 45.1 Å². The van der Waals surface area contributed by atoms with E-state index in [0.29, 0.717) is 5.56 Å². The van der Waals surface area contributed by atoms with E-state index in [4.69, 9.17) is 0 Å². The summed E-state index contributed by atoms with van der Waals surface area (Å²) in [4.78, 5) is 0. The fourth-order valence-corrected chi connectivity index (χ4v) is 7.27. The summed E-state index contributed by atoms with van der Waals surface area (Å²) in [7, 11) is 0. The summed E-state index contributed by atoms with van der Waals surface area (Å²) < 4.78 is 4.72. The number of rotatable bonds is 4. The topological polar surface area (TPSA) is 33.6 Å². The van der Waals surface area contributed by atoms with Gasteiger partial charge < -0.3 is 9.13 Å². The van der Waals surface area contributed by atoms with E-state index in [-0.39, 0.29) is 0 Å². The molecule has 0 amide bonds. The van der Waals surface area contributed by atoms with Crippen LogP contribution in [0, 0.1) is 11.3 Å². The first kappa shape index (κ1) is 27.0. The van der Waals surface area contributed by atoms with Crippen molar-refractivity contribution < 1.29 is 0 Å². The average Bonchev–Trinajstić information content (AvgIpc) is 3.52. The molecule has 9 rings (SSSR count). The molecule has 1 aliphatic rings. The third kappa shape index (κ3) is 4.35. The lowest BCUT2D eigenvalue weighted by molar-refractivity contribution is 1.00. The second-order valence-corrected chi connectivity index (χ2v) is 12.0. The van der Waals surface area contributed by atoms with Crippen molar-refractivity contribution in [1.82, 2.24) is 9.13 Å². The summed E-state index contributed by atoms with van der Waals surface area (Å²) in [6, 6.07) is 51.8. The summed E-state index contributed by atoms with van der Waals surface area (Å²) in [5.41, 5.74) is 13.4. The Hall–Kier alpha value is -6.37. The molecule has 1 aliphatic carbocycles. The molecule has 0 saturated heterocycles. The van der Waals surface area contributed by atoms with E-state index in [0.717, 1.165) is 40.0 Å². The molecule has 0 fully saturated rings. The van der Waals surface area contributed by atoms with Crippen molar-refractivity contribution in [2.45, 2.75) is 6.42 Å². The molecule has 3 nitrogen and oxygen atoms in total. The molecule has 2 aromatic heterocycles. The molecule has 2 heterocycles. The first-order valence-corrected chi connectivity index (χ1v) is 16.0. The molecule has 220 valence electrons. The maximum absolute atomic E-state index is 9.86. The molecule has 3 heteroatoms. The van der Waals surface area contributed by atoms with Crippen LogP contribution in [0.3, 0.4) is 0 Å². The van der Waals surface area contributed by atoms with Gasteiger partial charge in [0.1, 0.15) is 0 Å². The predicted molar refractivity (Wildman–Crippen MR) is 195 cm³/mol.